The van der Waals surface area contributed by atoms with Crippen molar-refractivity contribution in [1.82, 2.24) is 9.21 Å². The number of aromatic hydroxyl groups is 1. The molecule has 1 fully saturated rings. The van der Waals surface area contributed by atoms with Gasteiger partial charge in [-0.15, -0.1) is 0 Å². The number of aryl methyl sites for hydroxylation is 2. The van der Waals surface area contributed by atoms with E-state index in [2.05, 4.69) is 0 Å². The fourth-order valence-electron chi connectivity index (χ4n) is 3.18. The third-order valence-corrected chi connectivity index (χ3v) is 6.63. The fourth-order valence-corrected chi connectivity index (χ4v) is 4.81. The highest BCUT2D eigenvalue weighted by molar-refractivity contribution is 7.89. The average Bonchev–Trinajstić information content (AvgIpc) is 2.61. The number of phenolic OH excluding ortho intramolecular Hbond substituents is 1. The number of rotatable bonds is 3. The lowest BCUT2D eigenvalue weighted by Gasteiger charge is -2.34. The second-order valence-corrected chi connectivity index (χ2v) is 8.42. The molecule has 1 aliphatic rings. The molecule has 2 aromatic rings. The maximum Gasteiger partial charge on any atom is 0.254 e. The van der Waals surface area contributed by atoms with E-state index in [0.29, 0.717) is 23.5 Å². The first kappa shape index (κ1) is 18.4. The second kappa shape index (κ2) is 7.09. The lowest BCUT2D eigenvalue weighted by Crippen LogP contribution is -2.50. The van der Waals surface area contributed by atoms with Crippen LogP contribution in [0.2, 0.25) is 0 Å². The van der Waals surface area contributed by atoms with Crippen LogP contribution < -0.4 is 0 Å². The molecule has 0 unspecified atom stereocenters. The molecule has 0 saturated carbocycles. The zero-order valence-corrected chi connectivity index (χ0v) is 15.7. The molecule has 6 nitrogen and oxygen atoms in total. The maximum atomic E-state index is 12.9. The first-order chi connectivity index (χ1) is 12.3. The summed E-state index contributed by atoms with van der Waals surface area (Å²) in [6.45, 7) is 4.86. The Bertz CT molecular complexity index is 932. The van der Waals surface area contributed by atoms with E-state index < -0.39 is 10.0 Å². The molecular weight excluding hydrogens is 352 g/mol. The smallest absolute Gasteiger partial charge is 0.254 e. The van der Waals surface area contributed by atoms with Crippen LogP contribution in [0.3, 0.4) is 0 Å². The summed E-state index contributed by atoms with van der Waals surface area (Å²) in [5, 5.41) is 9.52. The number of hydrogen-bond acceptors (Lipinski definition) is 4. The molecule has 0 spiro atoms. The Labute approximate surface area is 153 Å². The zero-order chi connectivity index (χ0) is 18.9. The predicted octanol–water partition coefficient (Wildman–Crippen LogP) is 2.16. The number of nitrogens with zero attached hydrogens (tertiary/aromatic N) is 2. The third kappa shape index (κ3) is 3.59. The molecule has 7 heteroatoms. The van der Waals surface area contributed by atoms with E-state index in [9.17, 15) is 18.3 Å². The normalized spacial score (nSPS) is 15.8. The van der Waals surface area contributed by atoms with E-state index in [1.807, 2.05) is 13.0 Å². The van der Waals surface area contributed by atoms with Gasteiger partial charge in [-0.2, -0.15) is 4.31 Å². The average molecular weight is 374 g/mol. The number of carbonyl (C=O) groups excluding carboxylic acids is 1. The van der Waals surface area contributed by atoms with Crippen molar-refractivity contribution in [2.45, 2.75) is 18.7 Å². The van der Waals surface area contributed by atoms with Crippen molar-refractivity contribution in [3.63, 3.8) is 0 Å². The Balaban J connectivity index is 1.72. The van der Waals surface area contributed by atoms with Gasteiger partial charge in [-0.1, -0.05) is 23.8 Å². The summed E-state index contributed by atoms with van der Waals surface area (Å²) in [6, 6.07) is 11.5. The molecule has 1 heterocycles. The molecular formula is C19H22N2O4S. The van der Waals surface area contributed by atoms with E-state index >= 15 is 0 Å². The molecule has 1 saturated heterocycles. The molecule has 0 aliphatic carbocycles. The molecule has 0 radical (unpaired) electrons. The Morgan fingerprint density at radius 1 is 1.00 bits per heavy atom. The van der Waals surface area contributed by atoms with Crippen molar-refractivity contribution >= 4 is 15.9 Å². The van der Waals surface area contributed by atoms with Gasteiger partial charge in [0.1, 0.15) is 5.75 Å². The molecule has 0 aromatic heterocycles. The lowest BCUT2D eigenvalue weighted by molar-refractivity contribution is 0.0697. The minimum Gasteiger partial charge on any atom is -0.508 e. The van der Waals surface area contributed by atoms with Crippen molar-refractivity contribution in [2.24, 2.45) is 0 Å². The summed E-state index contributed by atoms with van der Waals surface area (Å²) >= 11 is 0. The summed E-state index contributed by atoms with van der Waals surface area (Å²) in [5.74, 6) is -0.170. The fraction of sp³-hybridized carbons (Fsp3) is 0.316. The maximum absolute atomic E-state index is 12.9. The monoisotopic (exact) mass is 374 g/mol. The van der Waals surface area contributed by atoms with E-state index in [-0.39, 0.29) is 24.7 Å². The number of piperazine rings is 1. The van der Waals surface area contributed by atoms with Crippen LogP contribution in [-0.4, -0.2) is 54.8 Å². The van der Waals surface area contributed by atoms with E-state index in [0.717, 1.165) is 11.1 Å². The Kier molecular flexibility index (Phi) is 5.02. The van der Waals surface area contributed by atoms with Crippen molar-refractivity contribution in [3.8, 4) is 5.75 Å². The van der Waals surface area contributed by atoms with Gasteiger partial charge in [0.05, 0.1) is 4.90 Å². The Hall–Kier alpha value is -2.38. The van der Waals surface area contributed by atoms with Crippen LogP contribution in [0.25, 0.3) is 0 Å². The van der Waals surface area contributed by atoms with Gasteiger partial charge in [-0.3, -0.25) is 4.79 Å². The zero-order valence-electron chi connectivity index (χ0n) is 14.8. The van der Waals surface area contributed by atoms with Crippen molar-refractivity contribution < 1.29 is 18.3 Å². The highest BCUT2D eigenvalue weighted by atomic mass is 32.2. The standard InChI is InChI=1S/C19H22N2O4S/c1-14-6-7-18(15(2)12-14)26(24,25)21-10-8-20(9-11-21)19(23)16-4-3-5-17(22)13-16/h3-7,12-13,22H,8-11H2,1-2H3. The van der Waals surface area contributed by atoms with Crippen LogP contribution in [0.4, 0.5) is 0 Å². The first-order valence-corrected chi connectivity index (χ1v) is 9.89. The third-order valence-electron chi connectivity index (χ3n) is 4.57. The summed E-state index contributed by atoms with van der Waals surface area (Å²) in [5.41, 5.74) is 2.14. The first-order valence-electron chi connectivity index (χ1n) is 8.45. The van der Waals surface area contributed by atoms with Gasteiger partial charge in [-0.25, -0.2) is 8.42 Å². The van der Waals surface area contributed by atoms with E-state index in [1.54, 1.807) is 36.1 Å². The van der Waals surface area contributed by atoms with Crippen molar-refractivity contribution in [1.29, 1.82) is 0 Å². The van der Waals surface area contributed by atoms with Crippen LogP contribution >= 0.6 is 0 Å². The molecule has 1 amide bonds. The van der Waals surface area contributed by atoms with Gasteiger partial charge in [0.2, 0.25) is 10.0 Å². The van der Waals surface area contributed by atoms with E-state index in [1.165, 1.54) is 16.4 Å². The molecule has 0 atom stereocenters. The number of benzene rings is 2. The molecule has 2 aromatic carbocycles. The largest absolute Gasteiger partial charge is 0.508 e. The van der Waals surface area contributed by atoms with Gasteiger partial charge in [0.15, 0.2) is 0 Å². The quantitative estimate of drug-likeness (QED) is 0.893. The number of carbonyl (C=O) groups is 1. The summed E-state index contributed by atoms with van der Waals surface area (Å²) in [6.07, 6.45) is 0. The van der Waals surface area contributed by atoms with Gasteiger partial charge >= 0.3 is 0 Å². The Morgan fingerprint density at radius 3 is 2.31 bits per heavy atom. The van der Waals surface area contributed by atoms with E-state index in [4.69, 9.17) is 0 Å². The van der Waals surface area contributed by atoms with Crippen LogP contribution in [0.15, 0.2) is 47.4 Å². The molecule has 138 valence electrons. The van der Waals surface area contributed by atoms with Gasteiger partial charge in [0.25, 0.3) is 5.91 Å². The van der Waals surface area contributed by atoms with Crippen LogP contribution in [0.1, 0.15) is 21.5 Å². The van der Waals surface area contributed by atoms with Crippen LogP contribution in [-0.2, 0) is 10.0 Å². The highest BCUT2D eigenvalue weighted by Gasteiger charge is 2.31. The minimum atomic E-state index is -3.57. The highest BCUT2D eigenvalue weighted by Crippen LogP contribution is 2.23. The molecule has 3 rings (SSSR count). The molecule has 0 bridgehead atoms. The molecule has 1 N–H and O–H groups in total. The van der Waals surface area contributed by atoms with Crippen LogP contribution in [0.5, 0.6) is 5.75 Å². The number of sulfonamides is 1. The van der Waals surface area contributed by atoms with Gasteiger partial charge in [-0.05, 0) is 43.7 Å². The van der Waals surface area contributed by atoms with Gasteiger partial charge < -0.3 is 10.0 Å². The summed E-state index contributed by atoms with van der Waals surface area (Å²) in [7, 11) is -3.57. The Morgan fingerprint density at radius 2 is 1.69 bits per heavy atom. The lowest BCUT2D eigenvalue weighted by atomic mass is 10.2. The second-order valence-electron chi connectivity index (χ2n) is 6.52. The van der Waals surface area contributed by atoms with Gasteiger partial charge in [0, 0.05) is 31.7 Å². The summed E-state index contributed by atoms with van der Waals surface area (Å²) < 4.78 is 27.2. The van der Waals surface area contributed by atoms with Crippen LogP contribution in [0, 0.1) is 13.8 Å². The number of hydrogen-bond donors (Lipinski definition) is 1. The molecule has 1 aliphatic heterocycles. The predicted molar refractivity (Wildman–Crippen MR) is 98.7 cm³/mol. The van der Waals surface area contributed by atoms with Crippen molar-refractivity contribution in [3.05, 3.63) is 59.2 Å². The SMILES string of the molecule is Cc1ccc(S(=O)(=O)N2CCN(C(=O)c3cccc(O)c3)CC2)c(C)c1. The topological polar surface area (TPSA) is 77.9 Å². The summed E-state index contributed by atoms with van der Waals surface area (Å²) in [4.78, 5) is 14.4. The number of phenols is 1. The molecule has 26 heavy (non-hydrogen) atoms. The minimum absolute atomic E-state index is 0.0342. The number of amides is 1. The van der Waals surface area contributed by atoms with Crippen molar-refractivity contribution in [2.75, 3.05) is 26.2 Å².